The van der Waals surface area contributed by atoms with E-state index in [-0.39, 0.29) is 0 Å². The van der Waals surface area contributed by atoms with E-state index < -0.39 is 0 Å². The van der Waals surface area contributed by atoms with Gasteiger partial charge in [0.15, 0.2) is 0 Å². The molecule has 2 aromatic heterocycles. The quantitative estimate of drug-likeness (QED) is 0.167. The Morgan fingerprint density at radius 3 is 1.69 bits per heavy atom. The molecule has 2 heterocycles. The van der Waals surface area contributed by atoms with Crippen LogP contribution >= 0.6 is 11.3 Å². The molecular formula is C52H30OS. The Labute approximate surface area is 314 Å². The standard InChI is InChI=1S/C52H30OS/c1-3-16-36-31(11-1)13-10-22-38(36)51-41-20-7-5-18-39(41)50(40-19-6-8-21-42(40)51)35-15-9-14-33(27-35)34-24-26-48-43(28-34)44-29-47-45(30-49(44)54-48)52-37-17-4-2-12-32(37)23-25-46(52)53-47/h1-30H. The first-order chi connectivity index (χ1) is 26.8. The van der Waals surface area contributed by atoms with Crippen LogP contribution in [0.3, 0.4) is 0 Å². The van der Waals surface area contributed by atoms with Crippen molar-refractivity contribution in [2.45, 2.75) is 0 Å². The molecule has 0 amide bonds. The number of hydrogen-bond acceptors (Lipinski definition) is 2. The second-order valence-corrected chi connectivity index (χ2v) is 15.5. The van der Waals surface area contributed by atoms with Crippen molar-refractivity contribution in [2.75, 3.05) is 0 Å². The molecule has 2 heteroatoms. The second kappa shape index (κ2) is 11.4. The van der Waals surface area contributed by atoms with E-state index in [1.54, 1.807) is 0 Å². The van der Waals surface area contributed by atoms with Gasteiger partial charge in [-0.3, -0.25) is 0 Å². The Bertz CT molecular complexity index is 3450. The summed E-state index contributed by atoms with van der Waals surface area (Å²) in [6.07, 6.45) is 0. The lowest BCUT2D eigenvalue weighted by Gasteiger charge is -2.19. The molecule has 1 nitrogen and oxygen atoms in total. The molecule has 0 saturated heterocycles. The molecule has 0 aliphatic carbocycles. The SMILES string of the molecule is c1cc(-c2ccc3sc4cc5c(cc4c3c2)oc2ccc3ccccc3c25)cc(-c2c3ccccc3c(-c3cccc4ccccc34)c3ccccc23)c1. The van der Waals surface area contributed by atoms with Crippen LogP contribution in [0.2, 0.25) is 0 Å². The highest BCUT2D eigenvalue weighted by molar-refractivity contribution is 7.25. The van der Waals surface area contributed by atoms with Crippen molar-refractivity contribution < 1.29 is 4.42 Å². The fourth-order valence-electron chi connectivity index (χ4n) is 9.02. The van der Waals surface area contributed by atoms with Crippen molar-refractivity contribution in [1.82, 2.24) is 0 Å². The summed E-state index contributed by atoms with van der Waals surface area (Å²) in [5.41, 5.74) is 9.34. The molecule has 0 atom stereocenters. The third-order valence-corrected chi connectivity index (χ3v) is 12.6. The lowest BCUT2D eigenvalue weighted by molar-refractivity contribution is 0.670. The van der Waals surface area contributed by atoms with Gasteiger partial charge < -0.3 is 4.42 Å². The van der Waals surface area contributed by atoms with E-state index >= 15 is 0 Å². The van der Waals surface area contributed by atoms with Crippen LogP contribution in [0.1, 0.15) is 0 Å². The lowest BCUT2D eigenvalue weighted by Crippen LogP contribution is -1.92. The average molecular weight is 703 g/mol. The van der Waals surface area contributed by atoms with Gasteiger partial charge in [0.1, 0.15) is 11.2 Å². The number of furan rings is 1. The third kappa shape index (κ3) is 4.32. The molecule has 0 spiro atoms. The van der Waals surface area contributed by atoms with Crippen molar-refractivity contribution in [2.24, 2.45) is 0 Å². The Morgan fingerprint density at radius 1 is 0.315 bits per heavy atom. The van der Waals surface area contributed by atoms with Gasteiger partial charge in [-0.2, -0.15) is 0 Å². The van der Waals surface area contributed by atoms with Gasteiger partial charge in [0.2, 0.25) is 0 Å². The highest BCUT2D eigenvalue weighted by Crippen LogP contribution is 2.47. The maximum Gasteiger partial charge on any atom is 0.136 e. The summed E-state index contributed by atoms with van der Waals surface area (Å²) >= 11 is 1.86. The zero-order valence-corrected chi connectivity index (χ0v) is 30.0. The number of hydrogen-bond donors (Lipinski definition) is 0. The first kappa shape index (κ1) is 29.8. The number of fused-ring (bicyclic) bond motifs is 11. The summed E-state index contributed by atoms with van der Waals surface area (Å²) in [4.78, 5) is 0. The topological polar surface area (TPSA) is 13.1 Å². The molecule has 12 rings (SSSR count). The fraction of sp³-hybridized carbons (Fsp3) is 0. The third-order valence-electron chi connectivity index (χ3n) is 11.4. The Balaban J connectivity index is 1.04. The van der Waals surface area contributed by atoms with Gasteiger partial charge >= 0.3 is 0 Å². The summed E-state index contributed by atoms with van der Waals surface area (Å²) in [6, 6.07) is 66.8. The summed E-state index contributed by atoms with van der Waals surface area (Å²) in [7, 11) is 0. The van der Waals surface area contributed by atoms with Crippen LogP contribution in [0.15, 0.2) is 186 Å². The van der Waals surface area contributed by atoms with Crippen molar-refractivity contribution in [3.63, 3.8) is 0 Å². The molecule has 0 unspecified atom stereocenters. The largest absolute Gasteiger partial charge is 0.456 e. The Kier molecular flexibility index (Phi) is 6.28. The van der Waals surface area contributed by atoms with E-state index in [1.165, 1.54) is 107 Å². The minimum Gasteiger partial charge on any atom is -0.456 e. The normalized spacial score (nSPS) is 12.1. The molecule has 0 aliphatic rings. The van der Waals surface area contributed by atoms with Gasteiger partial charge in [-0.15, -0.1) is 11.3 Å². The fourth-order valence-corrected chi connectivity index (χ4v) is 10.1. The highest BCUT2D eigenvalue weighted by atomic mass is 32.1. The number of benzene rings is 10. The van der Waals surface area contributed by atoms with Gasteiger partial charge in [0, 0.05) is 30.9 Å². The average Bonchev–Trinajstić information content (AvgIpc) is 3.78. The zero-order chi connectivity index (χ0) is 35.3. The smallest absolute Gasteiger partial charge is 0.136 e. The predicted octanol–water partition coefficient (Wildman–Crippen LogP) is 15.6. The van der Waals surface area contributed by atoms with E-state index in [0.717, 1.165) is 11.2 Å². The van der Waals surface area contributed by atoms with Gasteiger partial charge in [-0.1, -0.05) is 146 Å². The number of rotatable bonds is 3. The minimum absolute atomic E-state index is 0.937. The van der Waals surface area contributed by atoms with Gasteiger partial charge in [0.05, 0.1) is 0 Å². The van der Waals surface area contributed by atoms with Crippen LogP contribution in [0.5, 0.6) is 0 Å². The molecular weight excluding hydrogens is 673 g/mol. The molecule has 0 saturated carbocycles. The molecule has 250 valence electrons. The minimum atomic E-state index is 0.937. The molecule has 0 aliphatic heterocycles. The van der Waals surface area contributed by atoms with Gasteiger partial charge in [0.25, 0.3) is 0 Å². The van der Waals surface area contributed by atoms with E-state index in [1.807, 2.05) is 11.3 Å². The molecule has 12 aromatic rings. The maximum atomic E-state index is 6.50. The van der Waals surface area contributed by atoms with Crippen LogP contribution in [-0.2, 0) is 0 Å². The van der Waals surface area contributed by atoms with Crippen LogP contribution in [-0.4, -0.2) is 0 Å². The van der Waals surface area contributed by atoms with E-state index in [9.17, 15) is 0 Å². The first-order valence-corrected chi connectivity index (χ1v) is 19.3. The maximum absolute atomic E-state index is 6.50. The van der Waals surface area contributed by atoms with E-state index in [0.29, 0.717) is 0 Å². The van der Waals surface area contributed by atoms with Crippen LogP contribution in [0, 0.1) is 0 Å². The van der Waals surface area contributed by atoms with Crippen molar-refractivity contribution in [3.8, 4) is 33.4 Å². The Morgan fingerprint density at radius 2 is 0.907 bits per heavy atom. The highest BCUT2D eigenvalue weighted by Gasteiger charge is 2.19. The number of thiophene rings is 1. The van der Waals surface area contributed by atoms with Crippen LogP contribution < -0.4 is 0 Å². The molecule has 0 N–H and O–H groups in total. The van der Waals surface area contributed by atoms with Crippen LogP contribution in [0.25, 0.3) is 119 Å². The van der Waals surface area contributed by atoms with Crippen LogP contribution in [0.4, 0.5) is 0 Å². The van der Waals surface area contributed by atoms with Crippen molar-refractivity contribution in [3.05, 3.63) is 182 Å². The van der Waals surface area contributed by atoms with Gasteiger partial charge in [-0.25, -0.2) is 0 Å². The summed E-state index contributed by atoms with van der Waals surface area (Å²) in [5, 5.41) is 14.9. The van der Waals surface area contributed by atoms with Crippen molar-refractivity contribution >= 4 is 96.5 Å². The lowest BCUT2D eigenvalue weighted by atomic mass is 9.84. The zero-order valence-electron chi connectivity index (χ0n) is 29.1. The second-order valence-electron chi connectivity index (χ2n) is 14.4. The summed E-state index contributed by atoms with van der Waals surface area (Å²) in [6.45, 7) is 0. The Hall–Kier alpha value is -6.74. The molecule has 54 heavy (non-hydrogen) atoms. The molecule has 0 bridgehead atoms. The summed E-state index contributed by atoms with van der Waals surface area (Å²) in [5.74, 6) is 0. The van der Waals surface area contributed by atoms with Gasteiger partial charge in [-0.05, 0) is 113 Å². The first-order valence-electron chi connectivity index (χ1n) is 18.5. The monoisotopic (exact) mass is 702 g/mol. The summed E-state index contributed by atoms with van der Waals surface area (Å²) < 4.78 is 9.06. The molecule has 0 radical (unpaired) electrons. The predicted molar refractivity (Wildman–Crippen MR) is 233 cm³/mol. The van der Waals surface area contributed by atoms with Crippen molar-refractivity contribution in [1.29, 1.82) is 0 Å². The molecule has 10 aromatic carbocycles. The molecule has 0 fully saturated rings. The van der Waals surface area contributed by atoms with E-state index in [2.05, 4.69) is 182 Å². The van der Waals surface area contributed by atoms with E-state index in [4.69, 9.17) is 4.42 Å².